The van der Waals surface area contributed by atoms with E-state index in [1.165, 1.54) is 0 Å². The zero-order valence-electron chi connectivity index (χ0n) is 10.6. The molecule has 0 radical (unpaired) electrons. The van der Waals surface area contributed by atoms with Gasteiger partial charge in [0.05, 0.1) is 6.42 Å². The number of urea groups is 1. The van der Waals surface area contributed by atoms with Crippen LogP contribution in [-0.2, 0) is 9.59 Å². The second kappa shape index (κ2) is 7.22. The zero-order chi connectivity index (χ0) is 14.4. The highest BCUT2D eigenvalue weighted by atomic mass is 32.2. The minimum atomic E-state index is -1.41. The van der Waals surface area contributed by atoms with Crippen LogP contribution in [0.25, 0.3) is 0 Å². The molecule has 2 amide bonds. The maximum Gasteiger partial charge on any atom is 0.326 e. The molecule has 19 heavy (non-hydrogen) atoms. The van der Waals surface area contributed by atoms with Gasteiger partial charge in [-0.1, -0.05) is 6.42 Å². The van der Waals surface area contributed by atoms with Crippen molar-refractivity contribution >= 4 is 29.7 Å². The number of aliphatic carboxylic acids is 2. The van der Waals surface area contributed by atoms with Crippen LogP contribution in [0.5, 0.6) is 0 Å². The van der Waals surface area contributed by atoms with Crippen LogP contribution in [0.4, 0.5) is 4.79 Å². The lowest BCUT2D eigenvalue weighted by atomic mass is 10.2. The zero-order valence-corrected chi connectivity index (χ0v) is 11.4. The second-order valence-corrected chi connectivity index (χ2v) is 5.49. The maximum absolute atomic E-state index is 11.7. The molecule has 0 aromatic heterocycles. The summed E-state index contributed by atoms with van der Waals surface area (Å²) in [6, 6.07) is -2.03. The van der Waals surface area contributed by atoms with Crippen LogP contribution in [-0.4, -0.2) is 51.8 Å². The maximum atomic E-state index is 11.7. The molecule has 1 saturated carbocycles. The van der Waals surface area contributed by atoms with Crippen LogP contribution in [0.3, 0.4) is 0 Å². The Morgan fingerprint density at radius 3 is 2.53 bits per heavy atom. The summed E-state index contributed by atoms with van der Waals surface area (Å²) in [6.07, 6.45) is 4.22. The molecule has 0 aromatic rings. The summed E-state index contributed by atoms with van der Waals surface area (Å²) >= 11 is 1.67. The van der Waals surface area contributed by atoms with Crippen LogP contribution < -0.4 is 10.6 Å². The molecule has 0 spiro atoms. The number of thioether (sulfide) groups is 1. The largest absolute Gasteiger partial charge is 0.481 e. The summed E-state index contributed by atoms with van der Waals surface area (Å²) in [6.45, 7) is 0. The van der Waals surface area contributed by atoms with E-state index in [1.54, 1.807) is 11.8 Å². The molecule has 0 saturated heterocycles. The van der Waals surface area contributed by atoms with Gasteiger partial charge in [-0.3, -0.25) is 4.79 Å². The molecule has 1 rings (SSSR count). The third-order valence-electron chi connectivity index (χ3n) is 3.05. The molecule has 1 aliphatic rings. The Morgan fingerprint density at radius 2 is 2.00 bits per heavy atom. The van der Waals surface area contributed by atoms with Crippen LogP contribution in [0.1, 0.15) is 25.7 Å². The second-order valence-electron chi connectivity index (χ2n) is 4.42. The van der Waals surface area contributed by atoms with Crippen LogP contribution in [0.2, 0.25) is 0 Å². The van der Waals surface area contributed by atoms with E-state index in [9.17, 15) is 14.4 Å². The predicted octanol–water partition coefficient (Wildman–Crippen LogP) is 0.498. The van der Waals surface area contributed by atoms with Crippen molar-refractivity contribution in [3.05, 3.63) is 0 Å². The molecule has 8 heteroatoms. The Balaban J connectivity index is 2.48. The Hall–Kier alpha value is -1.44. The van der Waals surface area contributed by atoms with Crippen molar-refractivity contribution in [2.75, 3.05) is 6.26 Å². The lowest BCUT2D eigenvalue weighted by molar-refractivity contribution is -0.145. The Labute approximate surface area is 115 Å². The molecule has 7 nitrogen and oxygen atoms in total. The molecule has 4 N–H and O–H groups in total. The van der Waals surface area contributed by atoms with E-state index in [-0.39, 0.29) is 6.04 Å². The van der Waals surface area contributed by atoms with E-state index >= 15 is 0 Å². The fraction of sp³-hybridized carbons (Fsp3) is 0.727. The topological polar surface area (TPSA) is 116 Å². The van der Waals surface area contributed by atoms with Gasteiger partial charge in [-0.25, -0.2) is 9.59 Å². The van der Waals surface area contributed by atoms with Crippen LogP contribution >= 0.6 is 11.8 Å². The van der Waals surface area contributed by atoms with E-state index in [1.807, 2.05) is 6.26 Å². The summed E-state index contributed by atoms with van der Waals surface area (Å²) in [5.74, 6) is -2.62. The van der Waals surface area contributed by atoms with Gasteiger partial charge >= 0.3 is 18.0 Å². The van der Waals surface area contributed by atoms with Gasteiger partial charge < -0.3 is 20.8 Å². The van der Waals surface area contributed by atoms with E-state index < -0.39 is 30.4 Å². The third kappa shape index (κ3) is 4.98. The first-order valence-corrected chi connectivity index (χ1v) is 7.27. The third-order valence-corrected chi connectivity index (χ3v) is 4.22. The number of carbonyl (C=O) groups is 3. The van der Waals surface area contributed by atoms with E-state index in [2.05, 4.69) is 10.6 Å². The number of rotatable bonds is 6. The Kier molecular flexibility index (Phi) is 5.94. The van der Waals surface area contributed by atoms with Gasteiger partial charge in [0.15, 0.2) is 0 Å². The van der Waals surface area contributed by atoms with Crippen molar-refractivity contribution in [2.24, 2.45) is 0 Å². The normalized spacial score (nSPS) is 23.6. The number of carboxylic acid groups (broad SMARTS) is 2. The summed E-state index contributed by atoms with van der Waals surface area (Å²) in [5.41, 5.74) is 0. The highest BCUT2D eigenvalue weighted by molar-refractivity contribution is 7.99. The monoisotopic (exact) mass is 290 g/mol. The van der Waals surface area contributed by atoms with Crippen molar-refractivity contribution in [3.8, 4) is 0 Å². The molecule has 0 aliphatic heterocycles. The fourth-order valence-electron chi connectivity index (χ4n) is 2.12. The number of carboxylic acids is 2. The number of hydrogen-bond acceptors (Lipinski definition) is 4. The minimum absolute atomic E-state index is 0.00859. The summed E-state index contributed by atoms with van der Waals surface area (Å²) < 4.78 is 0. The first-order chi connectivity index (χ1) is 8.93. The standard InChI is InChI=1S/C11H18N2O5S/c1-19-8-4-2-3-6(8)12-11(18)13-7(10(16)17)5-9(14)15/h6-8H,2-5H2,1H3,(H,14,15)(H,16,17)(H2,12,13,18)/t6?,7-,8?/m1/s1. The molecule has 108 valence electrons. The minimum Gasteiger partial charge on any atom is -0.481 e. The van der Waals surface area contributed by atoms with Gasteiger partial charge in [0.2, 0.25) is 0 Å². The summed E-state index contributed by atoms with van der Waals surface area (Å²) in [4.78, 5) is 33.0. The summed E-state index contributed by atoms with van der Waals surface area (Å²) in [7, 11) is 0. The van der Waals surface area contributed by atoms with E-state index in [0.717, 1.165) is 19.3 Å². The number of hydrogen-bond donors (Lipinski definition) is 4. The van der Waals surface area contributed by atoms with Crippen LogP contribution in [0, 0.1) is 0 Å². The lowest BCUT2D eigenvalue weighted by Crippen LogP contribution is -2.50. The van der Waals surface area contributed by atoms with Crippen molar-refractivity contribution < 1.29 is 24.6 Å². The van der Waals surface area contributed by atoms with Gasteiger partial charge in [0.25, 0.3) is 0 Å². The van der Waals surface area contributed by atoms with E-state index in [4.69, 9.17) is 10.2 Å². The van der Waals surface area contributed by atoms with Gasteiger partial charge in [-0.05, 0) is 19.1 Å². The Morgan fingerprint density at radius 1 is 1.32 bits per heavy atom. The average molecular weight is 290 g/mol. The fourth-order valence-corrected chi connectivity index (χ4v) is 3.05. The first-order valence-electron chi connectivity index (χ1n) is 5.98. The molecule has 0 aromatic carbocycles. The van der Waals surface area contributed by atoms with Crippen LogP contribution in [0.15, 0.2) is 0 Å². The van der Waals surface area contributed by atoms with Gasteiger partial charge in [-0.15, -0.1) is 0 Å². The number of nitrogens with one attached hydrogen (secondary N) is 2. The van der Waals surface area contributed by atoms with Gasteiger partial charge in [0.1, 0.15) is 6.04 Å². The molecular weight excluding hydrogens is 272 g/mol. The van der Waals surface area contributed by atoms with E-state index in [0.29, 0.717) is 5.25 Å². The average Bonchev–Trinajstić information content (AvgIpc) is 2.74. The molecule has 1 aliphatic carbocycles. The molecule has 3 atom stereocenters. The van der Waals surface area contributed by atoms with Crippen molar-refractivity contribution in [1.82, 2.24) is 10.6 Å². The lowest BCUT2D eigenvalue weighted by Gasteiger charge is -2.21. The first kappa shape index (κ1) is 15.6. The Bertz CT molecular complexity index is 363. The van der Waals surface area contributed by atoms with Gasteiger partial charge in [0, 0.05) is 11.3 Å². The summed E-state index contributed by atoms with van der Waals surface area (Å²) in [5, 5.41) is 22.6. The van der Waals surface area contributed by atoms with Gasteiger partial charge in [-0.2, -0.15) is 11.8 Å². The quantitative estimate of drug-likeness (QED) is 0.566. The molecule has 0 bridgehead atoms. The molecule has 2 unspecified atom stereocenters. The SMILES string of the molecule is CSC1CCCC1NC(=O)N[C@H](CC(=O)O)C(=O)O. The highest BCUT2D eigenvalue weighted by Gasteiger charge is 2.29. The van der Waals surface area contributed by atoms with Crippen molar-refractivity contribution in [3.63, 3.8) is 0 Å². The number of carbonyl (C=O) groups excluding carboxylic acids is 1. The molecular formula is C11H18N2O5S. The molecule has 1 fully saturated rings. The van der Waals surface area contributed by atoms with Crippen molar-refractivity contribution in [1.29, 1.82) is 0 Å². The smallest absolute Gasteiger partial charge is 0.326 e. The molecule has 0 heterocycles. The number of amides is 2. The van der Waals surface area contributed by atoms with Crippen molar-refractivity contribution in [2.45, 2.75) is 43.0 Å². The highest BCUT2D eigenvalue weighted by Crippen LogP contribution is 2.28. The predicted molar refractivity (Wildman–Crippen MR) is 70.3 cm³/mol.